The van der Waals surface area contributed by atoms with Crippen LogP contribution < -0.4 is 10.1 Å². The average Bonchev–Trinajstić information content (AvgIpc) is 3.35. The largest absolute Gasteiger partial charge is 0.496 e. The first kappa shape index (κ1) is 24.2. The molecule has 4 aromatic rings. The van der Waals surface area contributed by atoms with Crippen LogP contribution in [0.15, 0.2) is 84.9 Å². The highest BCUT2D eigenvalue weighted by molar-refractivity contribution is 6.00. The van der Waals surface area contributed by atoms with Crippen LogP contribution in [0.5, 0.6) is 5.75 Å². The summed E-state index contributed by atoms with van der Waals surface area (Å²) in [5.41, 5.74) is 1.65. The van der Waals surface area contributed by atoms with Crippen LogP contribution in [-0.2, 0) is 24.4 Å². The zero-order chi connectivity index (χ0) is 26.0. The molecule has 188 valence electrons. The van der Waals surface area contributed by atoms with Gasteiger partial charge < -0.3 is 15.0 Å². The minimum atomic E-state index is -1.33. The number of amides is 2. The van der Waals surface area contributed by atoms with Crippen molar-refractivity contribution in [3.63, 3.8) is 0 Å². The van der Waals surface area contributed by atoms with Gasteiger partial charge in [-0.2, -0.15) is 5.10 Å². The Bertz CT molecular complexity index is 1450. The third-order valence-electron chi connectivity index (χ3n) is 6.77. The minimum absolute atomic E-state index is 0.0596. The van der Waals surface area contributed by atoms with Crippen molar-refractivity contribution in [2.45, 2.75) is 32.1 Å². The maximum absolute atomic E-state index is 14.6. The molecule has 7 nitrogen and oxygen atoms in total. The van der Waals surface area contributed by atoms with Crippen molar-refractivity contribution >= 4 is 11.8 Å². The van der Waals surface area contributed by atoms with E-state index in [9.17, 15) is 14.0 Å². The van der Waals surface area contributed by atoms with E-state index in [1.54, 1.807) is 43.0 Å². The molecule has 0 aliphatic carbocycles. The van der Waals surface area contributed by atoms with Crippen LogP contribution in [0.1, 0.15) is 28.5 Å². The maximum atomic E-state index is 14.6. The Hall–Kier alpha value is -4.46. The Morgan fingerprint density at radius 1 is 1.03 bits per heavy atom. The summed E-state index contributed by atoms with van der Waals surface area (Å²) in [6.45, 7) is 1.96. The van der Waals surface area contributed by atoms with Gasteiger partial charge in [-0.25, -0.2) is 4.39 Å². The predicted octanol–water partition coefficient (Wildman–Crippen LogP) is 4.43. The van der Waals surface area contributed by atoms with Gasteiger partial charge in [-0.15, -0.1) is 0 Å². The van der Waals surface area contributed by atoms with Crippen molar-refractivity contribution in [3.05, 3.63) is 108 Å². The molecule has 0 unspecified atom stereocenters. The van der Waals surface area contributed by atoms with Crippen LogP contribution in [0.4, 0.5) is 4.39 Å². The smallest absolute Gasteiger partial charge is 0.273 e. The van der Waals surface area contributed by atoms with Crippen molar-refractivity contribution in [1.29, 1.82) is 0 Å². The molecular formula is C29H27FN4O3. The summed E-state index contributed by atoms with van der Waals surface area (Å²) >= 11 is 0. The maximum Gasteiger partial charge on any atom is 0.273 e. The average molecular weight is 499 g/mol. The van der Waals surface area contributed by atoms with Gasteiger partial charge in [0.25, 0.3) is 5.91 Å². The summed E-state index contributed by atoms with van der Waals surface area (Å²) in [7, 11) is 1.57. The van der Waals surface area contributed by atoms with Gasteiger partial charge in [-0.1, -0.05) is 66.7 Å². The summed E-state index contributed by atoms with van der Waals surface area (Å²) in [6, 6.07) is 24.9. The molecule has 1 aliphatic heterocycles. The summed E-state index contributed by atoms with van der Waals surface area (Å²) in [5, 5.41) is 7.61. The van der Waals surface area contributed by atoms with E-state index in [1.807, 2.05) is 54.6 Å². The molecule has 37 heavy (non-hydrogen) atoms. The molecule has 0 saturated carbocycles. The zero-order valence-electron chi connectivity index (χ0n) is 20.6. The Morgan fingerprint density at radius 2 is 1.70 bits per heavy atom. The van der Waals surface area contributed by atoms with Gasteiger partial charge in [0.05, 0.1) is 25.9 Å². The van der Waals surface area contributed by atoms with Gasteiger partial charge in [0.2, 0.25) is 5.91 Å². The second-order valence-corrected chi connectivity index (χ2v) is 9.19. The molecule has 0 saturated heterocycles. The topological polar surface area (TPSA) is 76.5 Å². The molecule has 0 spiro atoms. The molecule has 5 rings (SSSR count). The van der Waals surface area contributed by atoms with Gasteiger partial charge in [0.1, 0.15) is 22.8 Å². The van der Waals surface area contributed by atoms with Gasteiger partial charge in [-0.3, -0.25) is 14.3 Å². The molecule has 0 bridgehead atoms. The molecule has 1 atom stereocenters. The molecule has 1 N–H and O–H groups in total. The van der Waals surface area contributed by atoms with Crippen LogP contribution in [0.3, 0.4) is 0 Å². The number of benzene rings is 3. The predicted molar refractivity (Wildman–Crippen MR) is 137 cm³/mol. The van der Waals surface area contributed by atoms with E-state index in [-0.39, 0.29) is 31.4 Å². The number of nitrogens with zero attached hydrogens (tertiary/aromatic N) is 3. The fraction of sp³-hybridized carbons (Fsp3) is 0.207. The van der Waals surface area contributed by atoms with Gasteiger partial charge >= 0.3 is 0 Å². The minimum Gasteiger partial charge on any atom is -0.496 e. The number of para-hydroxylation sites is 1. The van der Waals surface area contributed by atoms with Crippen molar-refractivity contribution < 1.29 is 18.7 Å². The van der Waals surface area contributed by atoms with E-state index >= 15 is 0 Å². The highest BCUT2D eigenvalue weighted by Crippen LogP contribution is 2.32. The number of aromatic nitrogens is 2. The number of nitrogens with one attached hydrogen (secondary N) is 1. The van der Waals surface area contributed by atoms with E-state index < -0.39 is 11.4 Å². The lowest BCUT2D eigenvalue weighted by atomic mass is 9.93. The second kappa shape index (κ2) is 9.89. The van der Waals surface area contributed by atoms with Gasteiger partial charge in [-0.05, 0) is 25.1 Å². The number of carbonyl (C=O) groups excluding carboxylic acids is 2. The summed E-state index contributed by atoms with van der Waals surface area (Å²) in [5.74, 6) is -0.543. The number of halogens is 1. The highest BCUT2D eigenvalue weighted by atomic mass is 19.1. The first-order valence-electron chi connectivity index (χ1n) is 12.0. The summed E-state index contributed by atoms with van der Waals surface area (Å²) in [4.78, 5) is 29.0. The Morgan fingerprint density at radius 3 is 2.43 bits per heavy atom. The van der Waals surface area contributed by atoms with Crippen molar-refractivity contribution in [1.82, 2.24) is 20.0 Å². The third-order valence-corrected chi connectivity index (χ3v) is 6.77. The van der Waals surface area contributed by atoms with Crippen molar-refractivity contribution in [2.75, 3.05) is 7.11 Å². The summed E-state index contributed by atoms with van der Waals surface area (Å²) < 4.78 is 21.6. The van der Waals surface area contributed by atoms with Crippen LogP contribution in [-0.4, -0.2) is 39.1 Å². The van der Waals surface area contributed by atoms with E-state index in [1.165, 1.54) is 11.0 Å². The quantitative estimate of drug-likeness (QED) is 0.409. The monoisotopic (exact) mass is 498 g/mol. The standard InChI is InChI=1S/C29H27FN4O3/c1-29(28(36)31-17-21-12-7-9-15-26(21)37-2)19-34-25(16-24(32-34)20-10-4-3-5-11-20)27(35)33(29)18-22-13-6-8-14-23(22)30/h3-16H,17-19H2,1-2H3,(H,31,36)/t29-/m0/s1. The van der Waals surface area contributed by atoms with E-state index in [0.29, 0.717) is 22.7 Å². The number of methoxy groups -OCH3 is 1. The Balaban J connectivity index is 1.50. The normalized spacial score (nSPS) is 16.8. The first-order valence-corrected chi connectivity index (χ1v) is 12.0. The number of fused-ring (bicyclic) bond motifs is 1. The zero-order valence-corrected chi connectivity index (χ0v) is 20.6. The first-order chi connectivity index (χ1) is 17.9. The molecule has 1 aromatic heterocycles. The lowest BCUT2D eigenvalue weighted by Gasteiger charge is -2.43. The highest BCUT2D eigenvalue weighted by Gasteiger charge is 2.48. The van der Waals surface area contributed by atoms with E-state index in [0.717, 1.165) is 11.1 Å². The molecule has 0 radical (unpaired) electrons. The van der Waals surface area contributed by atoms with Crippen molar-refractivity contribution in [2.24, 2.45) is 0 Å². The van der Waals surface area contributed by atoms with Gasteiger partial charge in [0.15, 0.2) is 0 Å². The second-order valence-electron chi connectivity index (χ2n) is 9.19. The number of carbonyl (C=O) groups is 2. The van der Waals surface area contributed by atoms with Crippen LogP contribution in [0.2, 0.25) is 0 Å². The van der Waals surface area contributed by atoms with Crippen LogP contribution in [0, 0.1) is 5.82 Å². The van der Waals surface area contributed by atoms with Gasteiger partial charge in [0, 0.05) is 23.2 Å². The number of ether oxygens (including phenoxy) is 1. The summed E-state index contributed by atoms with van der Waals surface area (Å²) in [6.07, 6.45) is 0. The number of hydrogen-bond donors (Lipinski definition) is 1. The lowest BCUT2D eigenvalue weighted by molar-refractivity contribution is -0.133. The van der Waals surface area contributed by atoms with Crippen LogP contribution in [0.25, 0.3) is 11.3 Å². The molecule has 0 fully saturated rings. The molecule has 8 heteroatoms. The molecule has 2 amide bonds. The SMILES string of the molecule is COc1ccccc1CNC(=O)[C@]1(C)Cn2nc(-c3ccccc3)cc2C(=O)N1Cc1ccccc1F. The van der Waals surface area contributed by atoms with E-state index in [2.05, 4.69) is 10.4 Å². The fourth-order valence-electron chi connectivity index (χ4n) is 4.65. The van der Waals surface area contributed by atoms with Crippen molar-refractivity contribution in [3.8, 4) is 17.0 Å². The third kappa shape index (κ3) is 4.58. The number of rotatable bonds is 7. The Labute approximate surface area is 214 Å². The Kier molecular flexibility index (Phi) is 6.48. The van der Waals surface area contributed by atoms with E-state index in [4.69, 9.17) is 4.74 Å². The molecule has 1 aliphatic rings. The lowest BCUT2D eigenvalue weighted by Crippen LogP contribution is -2.63. The van der Waals surface area contributed by atoms with Crippen LogP contribution >= 0.6 is 0 Å². The molecule has 2 heterocycles. The fourth-order valence-corrected chi connectivity index (χ4v) is 4.65. The molecular weight excluding hydrogens is 471 g/mol. The molecule has 3 aromatic carbocycles. The number of hydrogen-bond acceptors (Lipinski definition) is 4.